The van der Waals surface area contributed by atoms with Gasteiger partial charge in [-0.25, -0.2) is 4.79 Å². The van der Waals surface area contributed by atoms with E-state index in [-0.39, 0.29) is 17.6 Å². The third-order valence-electron chi connectivity index (χ3n) is 3.02. The zero-order valence-electron chi connectivity index (χ0n) is 11.8. The molecule has 1 fully saturated rings. The average Bonchev–Trinajstić information content (AvgIpc) is 3.05. The van der Waals surface area contributed by atoms with Crippen LogP contribution in [0.15, 0.2) is 24.3 Å². The van der Waals surface area contributed by atoms with Gasteiger partial charge < -0.3 is 10.1 Å². The van der Waals surface area contributed by atoms with Gasteiger partial charge in [0.15, 0.2) is 0 Å². The Morgan fingerprint density at radius 1 is 1.35 bits per heavy atom. The number of nitro groups is 1. The molecule has 6 heteroatoms. The summed E-state index contributed by atoms with van der Waals surface area (Å²) in [5.74, 6) is 0.211. The minimum atomic E-state index is -0.512. The molecular formula is C14H18N2O4. The first-order valence-electron chi connectivity index (χ1n) is 6.50. The van der Waals surface area contributed by atoms with Crippen LogP contribution in [0.5, 0.6) is 0 Å². The standard InChI is InChI=1S/C14H18N2O4/c1-14(2,3)20-13(17)15-12-8-11(12)9-4-6-10(7-5-9)16(18)19/h4-7,11-12H,8H2,1-3H3,(H,15,17). The maximum atomic E-state index is 11.6. The summed E-state index contributed by atoms with van der Waals surface area (Å²) in [6, 6.07) is 6.49. The summed E-state index contributed by atoms with van der Waals surface area (Å²) >= 11 is 0. The van der Waals surface area contributed by atoms with E-state index in [1.54, 1.807) is 12.1 Å². The number of non-ortho nitro benzene ring substituents is 1. The molecule has 2 unspecified atom stereocenters. The van der Waals surface area contributed by atoms with Crippen molar-refractivity contribution in [1.29, 1.82) is 0 Å². The van der Waals surface area contributed by atoms with Gasteiger partial charge in [0.2, 0.25) is 0 Å². The van der Waals surface area contributed by atoms with Gasteiger partial charge in [-0.05, 0) is 32.8 Å². The number of carbonyl (C=O) groups excluding carboxylic acids is 1. The molecule has 1 aromatic rings. The zero-order valence-corrected chi connectivity index (χ0v) is 11.8. The predicted octanol–water partition coefficient (Wildman–Crippen LogP) is 2.98. The molecule has 108 valence electrons. The van der Waals surface area contributed by atoms with Crippen LogP contribution in [0.1, 0.15) is 38.7 Å². The summed E-state index contributed by atoms with van der Waals surface area (Å²) in [5.41, 5.74) is 0.560. The fourth-order valence-electron chi connectivity index (χ4n) is 2.03. The Balaban J connectivity index is 1.88. The van der Waals surface area contributed by atoms with Crippen LogP contribution in [0.3, 0.4) is 0 Å². The summed E-state index contributed by atoms with van der Waals surface area (Å²) in [6.07, 6.45) is 0.406. The highest BCUT2D eigenvalue weighted by molar-refractivity contribution is 5.69. The Morgan fingerprint density at radius 2 is 1.95 bits per heavy atom. The number of carbonyl (C=O) groups is 1. The number of rotatable bonds is 3. The molecule has 0 aliphatic heterocycles. The quantitative estimate of drug-likeness (QED) is 0.680. The molecule has 0 bridgehead atoms. The molecule has 0 aromatic heterocycles. The molecule has 2 atom stereocenters. The SMILES string of the molecule is CC(C)(C)OC(=O)NC1CC1c1ccc([N+](=O)[O-])cc1. The maximum Gasteiger partial charge on any atom is 0.407 e. The minimum Gasteiger partial charge on any atom is -0.444 e. The van der Waals surface area contributed by atoms with E-state index in [9.17, 15) is 14.9 Å². The average molecular weight is 278 g/mol. The van der Waals surface area contributed by atoms with E-state index in [2.05, 4.69) is 5.32 Å². The van der Waals surface area contributed by atoms with Crippen molar-refractivity contribution in [3.63, 3.8) is 0 Å². The lowest BCUT2D eigenvalue weighted by atomic mass is 10.1. The van der Waals surface area contributed by atoms with Crippen LogP contribution in [0, 0.1) is 10.1 Å². The number of alkyl carbamates (subject to hydrolysis) is 1. The molecule has 1 amide bonds. The molecule has 2 rings (SSSR count). The first-order valence-corrected chi connectivity index (χ1v) is 6.50. The van der Waals surface area contributed by atoms with Crippen molar-refractivity contribution >= 4 is 11.8 Å². The van der Waals surface area contributed by atoms with Gasteiger partial charge in [0.05, 0.1) is 4.92 Å². The third kappa shape index (κ3) is 3.69. The fourth-order valence-corrected chi connectivity index (χ4v) is 2.03. The largest absolute Gasteiger partial charge is 0.444 e. The number of nitrogens with one attached hydrogen (secondary N) is 1. The highest BCUT2D eigenvalue weighted by Gasteiger charge is 2.40. The van der Waals surface area contributed by atoms with Crippen molar-refractivity contribution in [2.24, 2.45) is 0 Å². The summed E-state index contributed by atoms with van der Waals surface area (Å²) in [7, 11) is 0. The number of hydrogen-bond acceptors (Lipinski definition) is 4. The Hall–Kier alpha value is -2.11. The van der Waals surface area contributed by atoms with Crippen LogP contribution in [0.4, 0.5) is 10.5 Å². The molecule has 1 N–H and O–H groups in total. The Kier molecular flexibility index (Phi) is 3.65. The van der Waals surface area contributed by atoms with Crippen LogP contribution in [0.2, 0.25) is 0 Å². The molecular weight excluding hydrogens is 260 g/mol. The van der Waals surface area contributed by atoms with E-state index in [1.165, 1.54) is 12.1 Å². The van der Waals surface area contributed by atoms with Crippen LogP contribution < -0.4 is 5.32 Å². The molecule has 1 aromatic carbocycles. The summed E-state index contributed by atoms with van der Waals surface area (Å²) in [4.78, 5) is 21.8. The molecule has 1 saturated carbocycles. The Morgan fingerprint density at radius 3 is 2.45 bits per heavy atom. The van der Waals surface area contributed by atoms with Gasteiger partial charge in [0.1, 0.15) is 5.60 Å². The van der Waals surface area contributed by atoms with E-state index < -0.39 is 16.6 Å². The van der Waals surface area contributed by atoms with Crippen LogP contribution in [0.25, 0.3) is 0 Å². The Bertz CT molecular complexity index is 519. The molecule has 1 aliphatic carbocycles. The van der Waals surface area contributed by atoms with Gasteiger partial charge in [-0.2, -0.15) is 0 Å². The van der Waals surface area contributed by atoms with Gasteiger partial charge >= 0.3 is 6.09 Å². The summed E-state index contributed by atoms with van der Waals surface area (Å²) in [6.45, 7) is 5.44. The zero-order chi connectivity index (χ0) is 14.9. The van der Waals surface area contributed by atoms with Gasteiger partial charge in [-0.15, -0.1) is 0 Å². The predicted molar refractivity (Wildman–Crippen MR) is 73.6 cm³/mol. The van der Waals surface area contributed by atoms with E-state index in [0.717, 1.165) is 12.0 Å². The lowest BCUT2D eigenvalue weighted by Crippen LogP contribution is -2.34. The molecule has 0 heterocycles. The van der Waals surface area contributed by atoms with E-state index in [4.69, 9.17) is 4.74 Å². The van der Waals surface area contributed by atoms with Crippen molar-refractivity contribution < 1.29 is 14.5 Å². The second kappa shape index (κ2) is 5.11. The second-order valence-corrected chi connectivity index (χ2v) is 5.94. The third-order valence-corrected chi connectivity index (χ3v) is 3.02. The first kappa shape index (κ1) is 14.3. The van der Waals surface area contributed by atoms with Crippen molar-refractivity contribution in [3.8, 4) is 0 Å². The van der Waals surface area contributed by atoms with Crippen molar-refractivity contribution in [2.75, 3.05) is 0 Å². The maximum absolute atomic E-state index is 11.6. The normalized spacial score (nSPS) is 21.1. The summed E-state index contributed by atoms with van der Waals surface area (Å²) < 4.78 is 5.18. The molecule has 0 radical (unpaired) electrons. The highest BCUT2D eigenvalue weighted by Crippen LogP contribution is 2.41. The van der Waals surface area contributed by atoms with Gasteiger partial charge in [-0.1, -0.05) is 12.1 Å². The number of amides is 1. The van der Waals surface area contributed by atoms with Crippen LogP contribution in [-0.2, 0) is 4.74 Å². The lowest BCUT2D eigenvalue weighted by molar-refractivity contribution is -0.384. The number of ether oxygens (including phenoxy) is 1. The first-order chi connectivity index (χ1) is 9.26. The number of nitro benzene ring substituents is 1. The molecule has 1 aliphatic rings. The number of hydrogen-bond donors (Lipinski definition) is 1. The topological polar surface area (TPSA) is 81.5 Å². The number of benzene rings is 1. The van der Waals surface area contributed by atoms with Gasteiger partial charge in [0.25, 0.3) is 5.69 Å². The van der Waals surface area contributed by atoms with E-state index in [0.29, 0.717) is 0 Å². The minimum absolute atomic E-state index is 0.0475. The molecule has 20 heavy (non-hydrogen) atoms. The van der Waals surface area contributed by atoms with E-state index >= 15 is 0 Å². The van der Waals surface area contributed by atoms with Gasteiger partial charge in [0, 0.05) is 24.1 Å². The van der Waals surface area contributed by atoms with Crippen LogP contribution >= 0.6 is 0 Å². The van der Waals surface area contributed by atoms with E-state index in [1.807, 2.05) is 20.8 Å². The molecule has 6 nitrogen and oxygen atoms in total. The molecule has 0 spiro atoms. The number of nitrogens with zero attached hydrogens (tertiary/aromatic N) is 1. The smallest absolute Gasteiger partial charge is 0.407 e. The second-order valence-electron chi connectivity index (χ2n) is 5.94. The van der Waals surface area contributed by atoms with Crippen LogP contribution in [-0.4, -0.2) is 22.7 Å². The fraction of sp³-hybridized carbons (Fsp3) is 0.500. The highest BCUT2D eigenvalue weighted by atomic mass is 16.6. The van der Waals surface area contributed by atoms with Crippen molar-refractivity contribution in [1.82, 2.24) is 5.32 Å². The van der Waals surface area contributed by atoms with Crippen molar-refractivity contribution in [3.05, 3.63) is 39.9 Å². The lowest BCUT2D eigenvalue weighted by Gasteiger charge is -2.19. The molecule has 0 saturated heterocycles. The van der Waals surface area contributed by atoms with Gasteiger partial charge in [-0.3, -0.25) is 10.1 Å². The monoisotopic (exact) mass is 278 g/mol. The summed E-state index contributed by atoms with van der Waals surface area (Å²) in [5, 5.41) is 13.4. The Labute approximate surface area is 117 Å². The van der Waals surface area contributed by atoms with Crippen molar-refractivity contribution in [2.45, 2.75) is 44.8 Å².